The Labute approximate surface area is 161 Å². The highest BCUT2D eigenvalue weighted by atomic mass is 16.6. The smallest absolute Gasteiger partial charge is 0.407 e. The van der Waals surface area contributed by atoms with Crippen LogP contribution in [-0.2, 0) is 20.7 Å². The van der Waals surface area contributed by atoms with Crippen LogP contribution in [0.4, 0.5) is 4.79 Å². The predicted octanol–water partition coefficient (Wildman–Crippen LogP) is 4.31. The number of hydrogen-bond acceptors (Lipinski definition) is 5. The number of nitrogens with one attached hydrogen (secondary N) is 1. The van der Waals surface area contributed by atoms with Gasteiger partial charge in [-0.05, 0) is 69.7 Å². The summed E-state index contributed by atoms with van der Waals surface area (Å²) in [6.45, 7) is 8.46. The van der Waals surface area contributed by atoms with E-state index >= 15 is 0 Å². The van der Waals surface area contributed by atoms with E-state index in [2.05, 4.69) is 5.32 Å². The van der Waals surface area contributed by atoms with E-state index in [0.717, 1.165) is 30.6 Å². The summed E-state index contributed by atoms with van der Waals surface area (Å²) in [5, 5.41) is 2.71. The second-order valence-corrected chi connectivity index (χ2v) is 7.76. The summed E-state index contributed by atoms with van der Waals surface area (Å²) in [4.78, 5) is 23.3. The third-order valence-corrected chi connectivity index (χ3v) is 4.12. The van der Waals surface area contributed by atoms with Crippen LogP contribution in [0.1, 0.15) is 70.6 Å². The van der Waals surface area contributed by atoms with E-state index in [-0.39, 0.29) is 12.1 Å². The van der Waals surface area contributed by atoms with Gasteiger partial charge >= 0.3 is 12.1 Å². The highest BCUT2D eigenvalue weighted by Crippen LogP contribution is 2.36. The van der Waals surface area contributed by atoms with Crippen molar-refractivity contribution in [3.63, 3.8) is 0 Å². The lowest BCUT2D eigenvalue weighted by molar-refractivity contribution is -0.149. The van der Waals surface area contributed by atoms with Crippen molar-refractivity contribution in [2.24, 2.45) is 0 Å². The number of hydrogen-bond donors (Lipinski definition) is 1. The Hall–Kier alpha value is -2.24. The van der Waals surface area contributed by atoms with Crippen LogP contribution in [-0.4, -0.2) is 30.8 Å². The molecule has 6 nitrogen and oxygen atoms in total. The third kappa shape index (κ3) is 7.12. The number of alkyl carbamates (subject to hydrolysis) is 1. The topological polar surface area (TPSA) is 73.9 Å². The highest BCUT2D eigenvalue weighted by Gasteiger charge is 2.26. The summed E-state index contributed by atoms with van der Waals surface area (Å²) >= 11 is 0. The predicted molar refractivity (Wildman–Crippen MR) is 103 cm³/mol. The van der Waals surface area contributed by atoms with Gasteiger partial charge in [-0.25, -0.2) is 4.79 Å². The molecular formula is C21H31NO5. The van der Waals surface area contributed by atoms with Crippen LogP contribution in [0, 0.1) is 0 Å². The Morgan fingerprint density at radius 1 is 1.26 bits per heavy atom. The van der Waals surface area contributed by atoms with Crippen LogP contribution >= 0.6 is 0 Å². The summed E-state index contributed by atoms with van der Waals surface area (Å²) in [6.07, 6.45) is 3.12. The molecule has 0 aromatic heterocycles. The summed E-state index contributed by atoms with van der Waals surface area (Å²) < 4.78 is 16.5. The maximum Gasteiger partial charge on any atom is 0.407 e. The summed E-state index contributed by atoms with van der Waals surface area (Å²) in [7, 11) is 0. The first-order chi connectivity index (χ1) is 12.8. The molecule has 150 valence electrons. The minimum absolute atomic E-state index is 0.131. The maximum absolute atomic E-state index is 11.7. The molecule has 0 fully saturated rings. The van der Waals surface area contributed by atoms with Gasteiger partial charge in [0.1, 0.15) is 17.5 Å². The van der Waals surface area contributed by atoms with Crippen LogP contribution < -0.4 is 10.1 Å². The van der Waals surface area contributed by atoms with Gasteiger partial charge in [-0.1, -0.05) is 13.0 Å². The van der Waals surface area contributed by atoms with E-state index in [1.54, 1.807) is 0 Å². The number of benzene rings is 1. The van der Waals surface area contributed by atoms with E-state index in [9.17, 15) is 9.59 Å². The molecule has 0 heterocycles. The van der Waals surface area contributed by atoms with Crippen LogP contribution in [0.25, 0.3) is 0 Å². The molecule has 1 amide bonds. The molecule has 27 heavy (non-hydrogen) atoms. The Balaban J connectivity index is 1.73. The number of fused-ring (bicyclic) bond motifs is 1. The lowest BCUT2D eigenvalue weighted by Gasteiger charge is -2.19. The van der Waals surface area contributed by atoms with Gasteiger partial charge in [-0.15, -0.1) is 0 Å². The van der Waals surface area contributed by atoms with Gasteiger partial charge in [0.25, 0.3) is 0 Å². The lowest BCUT2D eigenvalue weighted by Crippen LogP contribution is -2.33. The molecule has 0 bridgehead atoms. The molecule has 0 aliphatic heterocycles. The van der Waals surface area contributed by atoms with Crippen molar-refractivity contribution in [3.8, 4) is 5.75 Å². The molecule has 0 spiro atoms. The normalized spacial score (nSPS) is 15.8. The van der Waals surface area contributed by atoms with E-state index in [1.165, 1.54) is 5.56 Å². The van der Waals surface area contributed by atoms with E-state index in [0.29, 0.717) is 26.0 Å². The molecule has 0 unspecified atom stereocenters. The first kappa shape index (κ1) is 21.1. The zero-order chi connectivity index (χ0) is 19.9. The molecule has 0 saturated heterocycles. The molecule has 1 aromatic carbocycles. The van der Waals surface area contributed by atoms with Crippen molar-refractivity contribution in [1.29, 1.82) is 0 Å². The van der Waals surface area contributed by atoms with E-state index in [1.807, 2.05) is 45.9 Å². The Bertz CT molecular complexity index is 650. The molecule has 1 atom stereocenters. The van der Waals surface area contributed by atoms with Crippen LogP contribution in [0.2, 0.25) is 0 Å². The van der Waals surface area contributed by atoms with Crippen molar-refractivity contribution in [3.05, 3.63) is 29.3 Å². The quantitative estimate of drug-likeness (QED) is 0.540. The lowest BCUT2D eigenvalue weighted by atomic mass is 10.1. The number of carbonyl (C=O) groups excluding carboxylic acids is 2. The van der Waals surface area contributed by atoms with Gasteiger partial charge < -0.3 is 19.5 Å². The number of carbonyl (C=O) groups is 2. The van der Waals surface area contributed by atoms with Crippen LogP contribution in [0.15, 0.2) is 18.2 Å². The molecule has 0 radical (unpaired) electrons. The van der Waals surface area contributed by atoms with Crippen molar-refractivity contribution in [2.45, 2.75) is 71.5 Å². The Kier molecular flexibility index (Phi) is 7.51. The summed E-state index contributed by atoms with van der Waals surface area (Å²) in [5.74, 6) is 0.666. The van der Waals surface area contributed by atoms with Crippen molar-refractivity contribution >= 4 is 12.1 Å². The molecule has 1 aliphatic rings. The first-order valence-electron chi connectivity index (χ1n) is 9.70. The zero-order valence-corrected chi connectivity index (χ0v) is 16.8. The van der Waals surface area contributed by atoms with E-state index < -0.39 is 11.7 Å². The second kappa shape index (κ2) is 9.62. The fourth-order valence-corrected chi connectivity index (χ4v) is 2.96. The molecule has 1 N–H and O–H groups in total. The minimum atomic E-state index is -0.492. The van der Waals surface area contributed by atoms with Crippen LogP contribution in [0.5, 0.6) is 5.75 Å². The first-order valence-corrected chi connectivity index (χ1v) is 9.70. The molecule has 1 aromatic rings. The van der Waals surface area contributed by atoms with Gasteiger partial charge in [-0.2, -0.15) is 0 Å². The number of esters is 1. The number of rotatable bonds is 8. The van der Waals surface area contributed by atoms with Crippen LogP contribution in [0.3, 0.4) is 0 Å². The molecule has 0 saturated carbocycles. The molecule has 6 heteroatoms. The number of ether oxygens (including phenoxy) is 3. The zero-order valence-electron chi connectivity index (χ0n) is 16.8. The third-order valence-electron chi connectivity index (χ3n) is 4.12. The Morgan fingerprint density at radius 3 is 2.74 bits per heavy atom. The molecule has 1 aliphatic carbocycles. The summed E-state index contributed by atoms with van der Waals surface area (Å²) in [5.41, 5.74) is 1.76. The van der Waals surface area contributed by atoms with Gasteiger partial charge in [0.15, 0.2) is 0 Å². The maximum atomic E-state index is 11.7. The van der Waals surface area contributed by atoms with Gasteiger partial charge in [0.2, 0.25) is 0 Å². The fraction of sp³-hybridized carbons (Fsp3) is 0.619. The van der Waals surface area contributed by atoms with Crippen molar-refractivity contribution < 1.29 is 23.8 Å². The standard InChI is InChI=1S/C21H31NO5/c1-5-7-19(23)26-18-11-8-15-14-16(9-10-17(15)18)25-13-6-12-22-20(24)27-21(2,3)4/h9-10,14,18H,5-8,11-13H2,1-4H3,(H,22,24)/t18-/m0/s1. The number of amides is 1. The van der Waals surface area contributed by atoms with Crippen molar-refractivity contribution in [1.82, 2.24) is 5.32 Å². The SMILES string of the molecule is CCCC(=O)O[C@H]1CCc2cc(OCCCNC(=O)OC(C)(C)C)ccc21. The average molecular weight is 377 g/mol. The average Bonchev–Trinajstić information content (AvgIpc) is 2.95. The largest absolute Gasteiger partial charge is 0.494 e. The van der Waals surface area contributed by atoms with Gasteiger partial charge in [0, 0.05) is 13.0 Å². The van der Waals surface area contributed by atoms with Gasteiger partial charge in [-0.3, -0.25) is 4.79 Å². The monoisotopic (exact) mass is 377 g/mol. The molecular weight excluding hydrogens is 346 g/mol. The molecule has 2 rings (SSSR count). The van der Waals surface area contributed by atoms with Gasteiger partial charge in [0.05, 0.1) is 6.61 Å². The fourth-order valence-electron chi connectivity index (χ4n) is 2.96. The van der Waals surface area contributed by atoms with E-state index in [4.69, 9.17) is 14.2 Å². The minimum Gasteiger partial charge on any atom is -0.494 e. The van der Waals surface area contributed by atoms with Crippen molar-refractivity contribution in [2.75, 3.05) is 13.2 Å². The summed E-state index contributed by atoms with van der Waals surface area (Å²) in [6, 6.07) is 5.91. The highest BCUT2D eigenvalue weighted by molar-refractivity contribution is 5.69. The number of aryl methyl sites for hydroxylation is 1. The Morgan fingerprint density at radius 2 is 2.04 bits per heavy atom. The second-order valence-electron chi connectivity index (χ2n) is 7.76.